The lowest BCUT2D eigenvalue weighted by atomic mass is 10.1. The predicted molar refractivity (Wildman–Crippen MR) is 109 cm³/mol. The molecule has 0 aromatic heterocycles. The summed E-state index contributed by atoms with van der Waals surface area (Å²) in [6.07, 6.45) is 0.700. The molecule has 1 aromatic rings. The van der Waals surface area contributed by atoms with Gasteiger partial charge in [-0.3, -0.25) is 10.2 Å². The molecule has 0 radical (unpaired) electrons. The van der Waals surface area contributed by atoms with Gasteiger partial charge in [0.05, 0.1) is 0 Å². The minimum absolute atomic E-state index is 0.235. The molecule has 0 aliphatic heterocycles. The minimum atomic E-state index is -1.11. The molecular weight excluding hydrogens is 465 g/mol. The first-order chi connectivity index (χ1) is 12.6. The second-order valence-electron chi connectivity index (χ2n) is 6.92. The number of amides is 2. The number of nitrogens with one attached hydrogen (secondary N) is 3. The Labute approximate surface area is 172 Å². The van der Waals surface area contributed by atoms with Gasteiger partial charge in [-0.15, -0.1) is 0 Å². The lowest BCUT2D eigenvalue weighted by Crippen LogP contribution is -2.43. The normalized spacial score (nSPS) is 12.1. The highest BCUT2D eigenvalue weighted by molar-refractivity contribution is 14.1. The Morgan fingerprint density at radius 2 is 1.78 bits per heavy atom. The Balaban J connectivity index is 2.26. The van der Waals surface area contributed by atoms with Crippen molar-refractivity contribution >= 4 is 40.6 Å². The SMILES string of the molecule is CC(C)(C)OC(=O)N[C@@H](CCCCNNC(=O)c1ccc(I)cc1)C(=O)O. The molecule has 9 heteroatoms. The zero-order valence-corrected chi connectivity index (χ0v) is 17.8. The van der Waals surface area contributed by atoms with E-state index in [1.54, 1.807) is 32.9 Å². The number of carbonyl (C=O) groups is 3. The number of benzene rings is 1. The summed E-state index contributed by atoms with van der Waals surface area (Å²) in [5.41, 5.74) is 5.27. The molecule has 0 bridgehead atoms. The Morgan fingerprint density at radius 3 is 2.33 bits per heavy atom. The van der Waals surface area contributed by atoms with Crippen molar-refractivity contribution in [1.82, 2.24) is 16.2 Å². The van der Waals surface area contributed by atoms with Crippen molar-refractivity contribution in [3.63, 3.8) is 0 Å². The molecule has 1 rings (SSSR count). The summed E-state index contributed by atoms with van der Waals surface area (Å²) in [4.78, 5) is 34.8. The average Bonchev–Trinajstić information content (AvgIpc) is 2.55. The molecular formula is C18H26IN3O5. The van der Waals surface area contributed by atoms with E-state index in [1.165, 1.54) is 0 Å². The van der Waals surface area contributed by atoms with Crippen molar-refractivity contribution in [3.05, 3.63) is 33.4 Å². The molecule has 1 aromatic carbocycles. The van der Waals surface area contributed by atoms with Crippen LogP contribution in [-0.2, 0) is 9.53 Å². The number of unbranched alkanes of at least 4 members (excludes halogenated alkanes) is 1. The lowest BCUT2D eigenvalue weighted by molar-refractivity contribution is -0.139. The first-order valence-corrected chi connectivity index (χ1v) is 9.67. The van der Waals surface area contributed by atoms with Crippen LogP contribution in [0.5, 0.6) is 0 Å². The van der Waals surface area contributed by atoms with Gasteiger partial charge in [-0.1, -0.05) is 0 Å². The highest BCUT2D eigenvalue weighted by atomic mass is 127. The third kappa shape index (κ3) is 10.1. The molecule has 1 atom stereocenters. The van der Waals surface area contributed by atoms with Gasteiger partial charge in [-0.05, 0) is 86.9 Å². The molecule has 0 fully saturated rings. The van der Waals surface area contributed by atoms with Crippen LogP contribution in [0.2, 0.25) is 0 Å². The van der Waals surface area contributed by atoms with Crippen LogP contribution in [0.4, 0.5) is 4.79 Å². The van der Waals surface area contributed by atoms with E-state index < -0.39 is 23.7 Å². The maximum Gasteiger partial charge on any atom is 0.408 e. The summed E-state index contributed by atoms with van der Waals surface area (Å²) in [5.74, 6) is -1.35. The molecule has 0 heterocycles. The van der Waals surface area contributed by atoms with Crippen LogP contribution in [0.25, 0.3) is 0 Å². The van der Waals surface area contributed by atoms with Crippen molar-refractivity contribution < 1.29 is 24.2 Å². The summed E-state index contributed by atoms with van der Waals surface area (Å²) in [6, 6.07) is 6.15. The quantitative estimate of drug-likeness (QED) is 0.240. The highest BCUT2D eigenvalue weighted by Crippen LogP contribution is 2.08. The molecule has 27 heavy (non-hydrogen) atoms. The van der Waals surface area contributed by atoms with E-state index in [2.05, 4.69) is 38.8 Å². The topological polar surface area (TPSA) is 117 Å². The van der Waals surface area contributed by atoms with Gasteiger partial charge in [0, 0.05) is 15.7 Å². The largest absolute Gasteiger partial charge is 0.480 e. The van der Waals surface area contributed by atoms with E-state index in [9.17, 15) is 19.5 Å². The second-order valence-corrected chi connectivity index (χ2v) is 8.17. The molecule has 150 valence electrons. The molecule has 0 unspecified atom stereocenters. The minimum Gasteiger partial charge on any atom is -0.480 e. The maximum atomic E-state index is 11.9. The van der Waals surface area contributed by atoms with Gasteiger partial charge in [-0.25, -0.2) is 15.0 Å². The van der Waals surface area contributed by atoms with E-state index in [1.807, 2.05) is 12.1 Å². The maximum absolute atomic E-state index is 11.9. The van der Waals surface area contributed by atoms with Crippen LogP contribution in [-0.4, -0.2) is 41.3 Å². The van der Waals surface area contributed by atoms with Crippen molar-refractivity contribution in [2.75, 3.05) is 6.54 Å². The summed E-state index contributed by atoms with van der Waals surface area (Å²) in [7, 11) is 0. The zero-order valence-electron chi connectivity index (χ0n) is 15.7. The van der Waals surface area contributed by atoms with Crippen LogP contribution >= 0.6 is 22.6 Å². The van der Waals surface area contributed by atoms with E-state index in [0.717, 1.165) is 3.57 Å². The third-order valence-corrected chi connectivity index (χ3v) is 4.06. The van der Waals surface area contributed by atoms with Crippen molar-refractivity contribution in [2.45, 2.75) is 51.7 Å². The highest BCUT2D eigenvalue weighted by Gasteiger charge is 2.23. The summed E-state index contributed by atoms with van der Waals surface area (Å²) < 4.78 is 6.11. The summed E-state index contributed by atoms with van der Waals surface area (Å²) in [5, 5.41) is 11.6. The Kier molecular flexibility index (Phi) is 9.50. The molecule has 0 saturated heterocycles. The van der Waals surface area contributed by atoms with Gasteiger partial charge in [-0.2, -0.15) is 0 Å². The number of rotatable bonds is 9. The van der Waals surface area contributed by atoms with E-state index >= 15 is 0 Å². The van der Waals surface area contributed by atoms with Gasteiger partial charge in [0.25, 0.3) is 5.91 Å². The fourth-order valence-electron chi connectivity index (χ4n) is 2.09. The molecule has 2 amide bonds. The first kappa shape index (κ1) is 23.2. The fourth-order valence-corrected chi connectivity index (χ4v) is 2.44. The van der Waals surface area contributed by atoms with Crippen LogP contribution in [0.15, 0.2) is 24.3 Å². The van der Waals surface area contributed by atoms with Crippen molar-refractivity contribution in [1.29, 1.82) is 0 Å². The standard InChI is InChI=1S/C18H26IN3O5/c1-18(2,3)27-17(26)21-14(16(24)25)6-4-5-11-20-22-15(23)12-7-9-13(19)10-8-12/h7-10,14,20H,4-6,11H2,1-3H3,(H,21,26)(H,22,23)(H,24,25)/t14-/m0/s1. The van der Waals surface area contributed by atoms with Gasteiger partial charge >= 0.3 is 12.1 Å². The van der Waals surface area contributed by atoms with Crippen molar-refractivity contribution in [2.24, 2.45) is 0 Å². The monoisotopic (exact) mass is 491 g/mol. The lowest BCUT2D eigenvalue weighted by Gasteiger charge is -2.22. The number of halogens is 1. The van der Waals surface area contributed by atoms with E-state index in [4.69, 9.17) is 4.74 Å². The van der Waals surface area contributed by atoms with Crippen LogP contribution in [0.3, 0.4) is 0 Å². The number of aliphatic carboxylic acids is 1. The summed E-state index contributed by atoms with van der Waals surface area (Å²) in [6.45, 7) is 5.60. The van der Waals surface area contributed by atoms with Gasteiger partial charge in [0.2, 0.25) is 0 Å². The molecule has 4 N–H and O–H groups in total. The molecule has 8 nitrogen and oxygen atoms in total. The van der Waals surface area contributed by atoms with Crippen LogP contribution < -0.4 is 16.2 Å². The van der Waals surface area contributed by atoms with Crippen molar-refractivity contribution in [3.8, 4) is 0 Å². The fraction of sp³-hybridized carbons (Fsp3) is 0.500. The third-order valence-electron chi connectivity index (χ3n) is 3.34. The Morgan fingerprint density at radius 1 is 1.15 bits per heavy atom. The smallest absolute Gasteiger partial charge is 0.408 e. The molecule has 0 spiro atoms. The molecule has 0 aliphatic carbocycles. The average molecular weight is 491 g/mol. The number of ether oxygens (including phenoxy) is 1. The Bertz CT molecular complexity index is 643. The number of hydrogen-bond donors (Lipinski definition) is 4. The van der Waals surface area contributed by atoms with E-state index in [-0.39, 0.29) is 12.3 Å². The predicted octanol–water partition coefficient (Wildman–Crippen LogP) is 2.67. The summed E-state index contributed by atoms with van der Waals surface area (Å²) >= 11 is 2.16. The molecule has 0 aliphatic rings. The second kappa shape index (κ2) is 11.1. The number of hydrogen-bond acceptors (Lipinski definition) is 5. The number of carbonyl (C=O) groups excluding carboxylic acids is 2. The zero-order chi connectivity index (χ0) is 20.4. The van der Waals surface area contributed by atoms with E-state index in [0.29, 0.717) is 24.9 Å². The molecule has 0 saturated carbocycles. The Hall–Kier alpha value is -1.88. The van der Waals surface area contributed by atoms with Gasteiger partial charge < -0.3 is 15.2 Å². The number of carboxylic acids is 1. The first-order valence-electron chi connectivity index (χ1n) is 8.59. The number of hydrazine groups is 1. The van der Waals surface area contributed by atoms with Gasteiger partial charge in [0.1, 0.15) is 11.6 Å². The number of carboxylic acid groups (broad SMARTS) is 1. The van der Waals surface area contributed by atoms with Crippen LogP contribution in [0, 0.1) is 3.57 Å². The van der Waals surface area contributed by atoms with Crippen LogP contribution in [0.1, 0.15) is 50.4 Å². The van der Waals surface area contributed by atoms with Gasteiger partial charge in [0.15, 0.2) is 0 Å². The number of alkyl carbamates (subject to hydrolysis) is 1.